The molecule has 3 saturated heterocycles. The molecule has 0 aliphatic carbocycles. The summed E-state index contributed by atoms with van der Waals surface area (Å²) in [4.78, 5) is 44.2. The van der Waals surface area contributed by atoms with Gasteiger partial charge >= 0.3 is 5.97 Å². The summed E-state index contributed by atoms with van der Waals surface area (Å²) in [5.41, 5.74) is 1.44. The van der Waals surface area contributed by atoms with Crippen molar-refractivity contribution in [3.05, 3.63) is 41.4 Å². The Labute approximate surface area is 209 Å². The van der Waals surface area contributed by atoms with E-state index in [1.807, 2.05) is 19.1 Å². The lowest BCUT2D eigenvalue weighted by Gasteiger charge is -2.37. The number of carbonyl (C=O) groups is 3. The van der Waals surface area contributed by atoms with Gasteiger partial charge in [0.1, 0.15) is 6.04 Å². The van der Waals surface area contributed by atoms with Crippen LogP contribution in [0.1, 0.15) is 31.7 Å². The van der Waals surface area contributed by atoms with Crippen molar-refractivity contribution in [2.24, 2.45) is 11.8 Å². The molecule has 9 heteroatoms. The number of likely N-dealkylation sites (tertiary alicyclic amines) is 1. The standard InChI is InChI=1S/C25H31ClN2O5S/c1-4-12-27(20-15(3)8-6-9-16(20)26)23(31)21-25-11-10-17(34-25)18(24(32)33-5-2)19(25)22(30)28(21)13-7-14-29/h4,6,8-9,17-19,21,29H,1,5,7,10-14H2,2-3H3/t17-,18+,19-,21?,25?/m0/s1. The quantitative estimate of drug-likeness (QED) is 0.409. The summed E-state index contributed by atoms with van der Waals surface area (Å²) in [5.74, 6) is -1.96. The highest BCUT2D eigenvalue weighted by molar-refractivity contribution is 8.02. The van der Waals surface area contributed by atoms with Crippen LogP contribution >= 0.6 is 23.4 Å². The molecule has 1 N–H and O–H groups in total. The first-order chi connectivity index (χ1) is 16.3. The Balaban J connectivity index is 1.79. The molecule has 2 bridgehead atoms. The van der Waals surface area contributed by atoms with Gasteiger partial charge in [0, 0.05) is 24.9 Å². The van der Waals surface area contributed by atoms with Crippen LogP contribution in [0, 0.1) is 18.8 Å². The number of para-hydroxylation sites is 1. The number of hydrogen-bond acceptors (Lipinski definition) is 6. The zero-order chi connectivity index (χ0) is 24.6. The van der Waals surface area contributed by atoms with Crippen LogP contribution < -0.4 is 4.90 Å². The summed E-state index contributed by atoms with van der Waals surface area (Å²) >= 11 is 8.13. The van der Waals surface area contributed by atoms with Gasteiger partial charge in [-0.2, -0.15) is 0 Å². The molecule has 0 saturated carbocycles. The van der Waals surface area contributed by atoms with Crippen LogP contribution in [-0.2, 0) is 19.1 Å². The van der Waals surface area contributed by atoms with Crippen molar-refractivity contribution in [1.82, 2.24) is 4.90 Å². The second-order valence-corrected chi connectivity index (χ2v) is 11.1. The fraction of sp³-hybridized carbons (Fsp3) is 0.560. The lowest BCUT2D eigenvalue weighted by Crippen LogP contribution is -2.55. The molecule has 1 aromatic carbocycles. The topological polar surface area (TPSA) is 87.2 Å². The van der Waals surface area contributed by atoms with Crippen molar-refractivity contribution >= 4 is 46.8 Å². The van der Waals surface area contributed by atoms with Crippen LogP contribution in [0.2, 0.25) is 5.02 Å². The number of halogens is 1. The second-order valence-electron chi connectivity index (χ2n) is 9.06. The van der Waals surface area contributed by atoms with E-state index >= 15 is 0 Å². The van der Waals surface area contributed by atoms with Crippen molar-refractivity contribution in [1.29, 1.82) is 0 Å². The molecular formula is C25H31ClN2O5S. The molecule has 7 nitrogen and oxygen atoms in total. The number of esters is 1. The zero-order valence-corrected chi connectivity index (χ0v) is 21.1. The monoisotopic (exact) mass is 506 g/mol. The van der Waals surface area contributed by atoms with Gasteiger partial charge in [0.2, 0.25) is 5.91 Å². The number of thioether (sulfide) groups is 1. The highest BCUT2D eigenvalue weighted by atomic mass is 35.5. The van der Waals surface area contributed by atoms with Crippen molar-refractivity contribution in [2.75, 3.05) is 31.2 Å². The Morgan fingerprint density at radius 3 is 2.85 bits per heavy atom. The van der Waals surface area contributed by atoms with Gasteiger partial charge < -0.3 is 19.6 Å². The van der Waals surface area contributed by atoms with Crippen LogP contribution in [-0.4, -0.2) is 70.1 Å². The molecule has 0 aromatic heterocycles. The van der Waals surface area contributed by atoms with Crippen LogP contribution in [0.5, 0.6) is 0 Å². The van der Waals surface area contributed by atoms with Crippen molar-refractivity contribution in [3.63, 3.8) is 0 Å². The maximum atomic E-state index is 14.3. The van der Waals surface area contributed by atoms with Crippen molar-refractivity contribution in [3.8, 4) is 0 Å². The molecular weight excluding hydrogens is 476 g/mol. The van der Waals surface area contributed by atoms with Gasteiger partial charge in [-0.3, -0.25) is 14.4 Å². The number of fused-ring (bicyclic) bond motifs is 1. The first kappa shape index (κ1) is 25.1. The Kier molecular flexibility index (Phi) is 7.31. The summed E-state index contributed by atoms with van der Waals surface area (Å²) in [6.07, 6.45) is 3.42. The van der Waals surface area contributed by atoms with E-state index in [-0.39, 0.29) is 49.3 Å². The summed E-state index contributed by atoms with van der Waals surface area (Å²) in [7, 11) is 0. The third kappa shape index (κ3) is 3.84. The summed E-state index contributed by atoms with van der Waals surface area (Å²) in [6, 6.07) is 4.70. The molecule has 3 aliphatic heterocycles. The number of nitrogens with zero attached hydrogens (tertiary/aromatic N) is 2. The lowest BCUT2D eigenvalue weighted by atomic mass is 9.71. The Morgan fingerprint density at radius 2 is 2.21 bits per heavy atom. The third-order valence-corrected chi connectivity index (χ3v) is 9.44. The Hall–Kier alpha value is -2.03. The minimum atomic E-state index is -0.762. The van der Waals surface area contributed by atoms with Gasteiger partial charge in [-0.15, -0.1) is 18.3 Å². The number of aryl methyl sites for hydroxylation is 1. The molecule has 0 radical (unpaired) electrons. The largest absolute Gasteiger partial charge is 0.466 e. The van der Waals surface area contributed by atoms with E-state index < -0.39 is 22.6 Å². The van der Waals surface area contributed by atoms with E-state index in [2.05, 4.69) is 6.58 Å². The molecule has 2 amide bonds. The van der Waals surface area contributed by atoms with E-state index in [0.29, 0.717) is 23.6 Å². The number of ether oxygens (including phenoxy) is 1. The molecule has 1 aromatic rings. The summed E-state index contributed by atoms with van der Waals surface area (Å²) in [5, 5.41) is 9.89. The number of hydrogen-bond donors (Lipinski definition) is 1. The Bertz CT molecular complexity index is 983. The fourth-order valence-electron chi connectivity index (χ4n) is 5.95. The molecule has 1 spiro atoms. The second kappa shape index (κ2) is 9.91. The molecule has 3 heterocycles. The van der Waals surface area contributed by atoms with Gasteiger partial charge in [-0.1, -0.05) is 29.8 Å². The molecule has 34 heavy (non-hydrogen) atoms. The fourth-order valence-corrected chi connectivity index (χ4v) is 8.48. The average molecular weight is 507 g/mol. The number of benzene rings is 1. The number of rotatable bonds is 9. The third-order valence-electron chi connectivity index (χ3n) is 7.19. The van der Waals surface area contributed by atoms with Crippen molar-refractivity contribution < 1.29 is 24.2 Å². The van der Waals surface area contributed by atoms with Crippen LogP contribution in [0.4, 0.5) is 5.69 Å². The van der Waals surface area contributed by atoms with Gasteiger partial charge in [-0.05, 0) is 44.7 Å². The molecule has 5 atom stereocenters. The Morgan fingerprint density at radius 1 is 1.44 bits per heavy atom. The zero-order valence-electron chi connectivity index (χ0n) is 19.5. The van der Waals surface area contributed by atoms with E-state index in [0.717, 1.165) is 12.0 Å². The maximum Gasteiger partial charge on any atom is 0.310 e. The lowest BCUT2D eigenvalue weighted by molar-refractivity contribution is -0.153. The highest BCUT2D eigenvalue weighted by Crippen LogP contribution is 2.66. The minimum Gasteiger partial charge on any atom is -0.466 e. The van der Waals surface area contributed by atoms with Crippen LogP contribution in [0.3, 0.4) is 0 Å². The summed E-state index contributed by atoms with van der Waals surface area (Å²) < 4.78 is 4.63. The van der Waals surface area contributed by atoms with Gasteiger partial charge in [0.05, 0.1) is 33.9 Å². The predicted molar refractivity (Wildman–Crippen MR) is 133 cm³/mol. The smallest absolute Gasteiger partial charge is 0.310 e. The minimum absolute atomic E-state index is 0.0433. The number of carbonyl (C=O) groups excluding carboxylic acids is 3. The van der Waals surface area contributed by atoms with Gasteiger partial charge in [0.25, 0.3) is 5.91 Å². The van der Waals surface area contributed by atoms with E-state index in [9.17, 15) is 19.5 Å². The van der Waals surface area contributed by atoms with Crippen molar-refractivity contribution in [2.45, 2.75) is 49.1 Å². The van der Waals surface area contributed by atoms with E-state index in [1.54, 1.807) is 40.6 Å². The number of aliphatic hydroxyl groups is 1. The highest BCUT2D eigenvalue weighted by Gasteiger charge is 2.74. The van der Waals surface area contributed by atoms with Crippen LogP contribution in [0.15, 0.2) is 30.9 Å². The van der Waals surface area contributed by atoms with E-state index in [4.69, 9.17) is 16.3 Å². The number of aliphatic hydroxyl groups excluding tert-OH is 1. The van der Waals surface area contributed by atoms with E-state index in [1.165, 1.54) is 0 Å². The maximum absolute atomic E-state index is 14.3. The number of amides is 2. The average Bonchev–Trinajstić information content (AvgIpc) is 3.44. The molecule has 3 fully saturated rings. The molecule has 2 unspecified atom stereocenters. The summed E-state index contributed by atoms with van der Waals surface area (Å²) in [6.45, 7) is 8.10. The van der Waals surface area contributed by atoms with Gasteiger partial charge in [0.15, 0.2) is 0 Å². The first-order valence-electron chi connectivity index (χ1n) is 11.8. The normalized spacial score (nSPS) is 29.3. The molecule has 184 valence electrons. The SMILES string of the molecule is C=CCN(C(=O)C1N(CCCO)C(=O)[C@@H]2[C@H](C(=O)OCC)[C@@H]3CCC12S3)c1c(C)cccc1Cl. The predicted octanol–water partition coefficient (Wildman–Crippen LogP) is 3.20. The molecule has 3 aliphatic rings. The molecule has 4 rings (SSSR count). The number of anilines is 1. The first-order valence-corrected chi connectivity index (χ1v) is 13.0. The van der Waals surface area contributed by atoms with Gasteiger partial charge in [-0.25, -0.2) is 0 Å². The van der Waals surface area contributed by atoms with Crippen LogP contribution in [0.25, 0.3) is 0 Å².